The molecular weight excluding hydrogens is 272 g/mol. The lowest BCUT2D eigenvalue weighted by molar-refractivity contribution is -0.386. The largest absolute Gasteiger partial charge is 0.434 e. The van der Waals surface area contributed by atoms with E-state index in [1.54, 1.807) is 24.3 Å². The Bertz CT molecular complexity index is 601. The summed E-state index contributed by atoms with van der Waals surface area (Å²) >= 11 is 5.69. The van der Waals surface area contributed by atoms with E-state index < -0.39 is 4.92 Å². The quantitative estimate of drug-likeness (QED) is 0.529. The minimum Gasteiger partial charge on any atom is -0.434 e. The molecule has 1 heterocycles. The average molecular weight is 281 g/mol. The molecule has 0 fully saturated rings. The zero-order chi connectivity index (χ0) is 13.8. The Kier molecular flexibility index (Phi) is 3.94. The Hall–Kier alpha value is -2.18. The normalized spacial score (nSPS) is 10.2. The van der Waals surface area contributed by atoms with Gasteiger partial charge in [-0.15, -0.1) is 0 Å². The maximum atomic E-state index is 10.8. The van der Waals surface area contributed by atoms with E-state index >= 15 is 0 Å². The molecule has 0 radical (unpaired) electrons. The van der Waals surface area contributed by atoms with Crippen molar-refractivity contribution in [1.29, 1.82) is 0 Å². The molecule has 7 heteroatoms. The lowest BCUT2D eigenvalue weighted by atomic mass is 10.2. The molecule has 0 bridgehead atoms. The van der Waals surface area contributed by atoms with Crippen LogP contribution in [0.2, 0.25) is 5.15 Å². The van der Waals surface area contributed by atoms with Crippen LogP contribution in [0, 0.1) is 10.1 Å². The van der Waals surface area contributed by atoms with Gasteiger partial charge >= 0.3 is 11.6 Å². The molecule has 98 valence electrons. The maximum absolute atomic E-state index is 10.8. The van der Waals surface area contributed by atoms with E-state index in [4.69, 9.17) is 21.4 Å². The summed E-state index contributed by atoms with van der Waals surface area (Å²) in [6, 6.07) is 9.00. The SMILES string of the molecule is O=[N+]([O-])c1ccc(Cl)nc1Oc1ccc(CO)cc1. The van der Waals surface area contributed by atoms with Crippen LogP contribution in [0.1, 0.15) is 5.56 Å². The van der Waals surface area contributed by atoms with Crippen molar-refractivity contribution in [2.45, 2.75) is 6.61 Å². The van der Waals surface area contributed by atoms with Gasteiger partial charge in [0, 0.05) is 6.07 Å². The monoisotopic (exact) mass is 280 g/mol. The summed E-state index contributed by atoms with van der Waals surface area (Å²) in [7, 11) is 0. The zero-order valence-corrected chi connectivity index (χ0v) is 10.4. The Morgan fingerprint density at radius 3 is 2.53 bits per heavy atom. The first kappa shape index (κ1) is 13.3. The van der Waals surface area contributed by atoms with E-state index in [0.717, 1.165) is 0 Å². The highest BCUT2D eigenvalue weighted by molar-refractivity contribution is 6.29. The molecular formula is C12H9ClN2O4. The lowest BCUT2D eigenvalue weighted by Crippen LogP contribution is -1.96. The van der Waals surface area contributed by atoms with E-state index in [1.807, 2.05) is 0 Å². The molecule has 0 aliphatic carbocycles. The molecule has 1 aromatic heterocycles. The summed E-state index contributed by atoms with van der Waals surface area (Å²) in [6.45, 7) is -0.0875. The highest BCUT2D eigenvalue weighted by atomic mass is 35.5. The Morgan fingerprint density at radius 1 is 1.26 bits per heavy atom. The van der Waals surface area contributed by atoms with Gasteiger partial charge in [0.25, 0.3) is 0 Å². The van der Waals surface area contributed by atoms with Gasteiger partial charge in [0.15, 0.2) is 0 Å². The Labute approximate surface area is 113 Å². The number of nitrogens with zero attached hydrogens (tertiary/aromatic N) is 2. The first-order chi connectivity index (χ1) is 9.10. The summed E-state index contributed by atoms with van der Waals surface area (Å²) in [6.07, 6.45) is 0. The van der Waals surface area contributed by atoms with Crippen molar-refractivity contribution >= 4 is 17.3 Å². The Balaban J connectivity index is 2.31. The number of pyridine rings is 1. The van der Waals surface area contributed by atoms with Gasteiger partial charge in [0.2, 0.25) is 0 Å². The maximum Gasteiger partial charge on any atom is 0.331 e. The van der Waals surface area contributed by atoms with Crippen LogP contribution in [0.3, 0.4) is 0 Å². The number of hydrogen-bond donors (Lipinski definition) is 1. The molecule has 2 aromatic rings. The molecule has 0 atom stereocenters. The fraction of sp³-hybridized carbons (Fsp3) is 0.0833. The van der Waals surface area contributed by atoms with Crippen molar-refractivity contribution < 1.29 is 14.8 Å². The van der Waals surface area contributed by atoms with Crippen molar-refractivity contribution in [3.05, 3.63) is 57.2 Å². The molecule has 0 unspecified atom stereocenters. The van der Waals surface area contributed by atoms with Crippen LogP contribution >= 0.6 is 11.6 Å². The zero-order valence-electron chi connectivity index (χ0n) is 9.62. The Morgan fingerprint density at radius 2 is 1.95 bits per heavy atom. The second-order valence-electron chi connectivity index (χ2n) is 3.62. The molecule has 1 aromatic carbocycles. The third-order valence-electron chi connectivity index (χ3n) is 2.32. The van der Waals surface area contributed by atoms with Gasteiger partial charge in [0.05, 0.1) is 11.5 Å². The number of nitro groups is 1. The first-order valence-electron chi connectivity index (χ1n) is 5.29. The van der Waals surface area contributed by atoms with Crippen LogP contribution in [-0.2, 0) is 6.61 Å². The minimum absolute atomic E-state index is 0.0875. The second kappa shape index (κ2) is 5.64. The molecule has 0 aliphatic heterocycles. The average Bonchev–Trinajstić information content (AvgIpc) is 2.39. The van der Waals surface area contributed by atoms with Crippen molar-refractivity contribution in [2.75, 3.05) is 0 Å². The fourth-order valence-corrected chi connectivity index (χ4v) is 1.54. The van der Waals surface area contributed by atoms with Crippen molar-refractivity contribution in [3.8, 4) is 11.6 Å². The first-order valence-corrected chi connectivity index (χ1v) is 5.66. The summed E-state index contributed by atoms with van der Waals surface area (Å²) in [5.41, 5.74) is 0.441. The molecule has 0 aliphatic rings. The molecule has 0 saturated heterocycles. The van der Waals surface area contributed by atoms with Crippen LogP contribution in [0.4, 0.5) is 5.69 Å². The molecule has 6 nitrogen and oxygen atoms in total. The predicted molar refractivity (Wildman–Crippen MR) is 68.3 cm³/mol. The van der Waals surface area contributed by atoms with Crippen molar-refractivity contribution in [2.24, 2.45) is 0 Å². The molecule has 2 rings (SSSR count). The molecule has 0 spiro atoms. The summed E-state index contributed by atoms with van der Waals surface area (Å²) in [5, 5.41) is 19.8. The van der Waals surface area contributed by atoms with Gasteiger partial charge in [-0.3, -0.25) is 10.1 Å². The fourth-order valence-electron chi connectivity index (χ4n) is 1.40. The van der Waals surface area contributed by atoms with Crippen LogP contribution in [-0.4, -0.2) is 15.0 Å². The van der Waals surface area contributed by atoms with Gasteiger partial charge in [0.1, 0.15) is 10.9 Å². The number of hydrogen-bond acceptors (Lipinski definition) is 5. The number of benzene rings is 1. The number of aliphatic hydroxyl groups excluding tert-OH is 1. The molecule has 0 amide bonds. The number of aromatic nitrogens is 1. The highest BCUT2D eigenvalue weighted by Gasteiger charge is 2.18. The third kappa shape index (κ3) is 3.18. The summed E-state index contributed by atoms with van der Waals surface area (Å²) < 4.78 is 5.33. The topological polar surface area (TPSA) is 85.5 Å². The van der Waals surface area contributed by atoms with E-state index in [1.165, 1.54) is 12.1 Å². The van der Waals surface area contributed by atoms with Crippen LogP contribution in [0.25, 0.3) is 0 Å². The minimum atomic E-state index is -0.596. The van der Waals surface area contributed by atoms with Crippen molar-refractivity contribution in [1.82, 2.24) is 4.98 Å². The van der Waals surface area contributed by atoms with Crippen LogP contribution < -0.4 is 4.74 Å². The standard InChI is InChI=1S/C12H9ClN2O4/c13-11-6-5-10(15(17)18)12(14-11)19-9-3-1-8(7-16)2-4-9/h1-6,16H,7H2. The summed E-state index contributed by atoms with van der Waals surface area (Å²) in [5.74, 6) is 0.198. The number of halogens is 1. The molecule has 19 heavy (non-hydrogen) atoms. The van der Waals surface area contributed by atoms with Gasteiger partial charge < -0.3 is 9.84 Å². The van der Waals surface area contributed by atoms with Crippen LogP contribution in [0.15, 0.2) is 36.4 Å². The van der Waals surface area contributed by atoms with E-state index in [0.29, 0.717) is 11.3 Å². The number of aliphatic hydroxyl groups is 1. The van der Waals surface area contributed by atoms with E-state index in [9.17, 15) is 10.1 Å². The van der Waals surface area contributed by atoms with Gasteiger partial charge in [-0.1, -0.05) is 23.7 Å². The highest BCUT2D eigenvalue weighted by Crippen LogP contribution is 2.30. The predicted octanol–water partition coefficient (Wildman–Crippen LogP) is 2.93. The third-order valence-corrected chi connectivity index (χ3v) is 2.53. The van der Waals surface area contributed by atoms with Crippen molar-refractivity contribution in [3.63, 3.8) is 0 Å². The summed E-state index contributed by atoms with van der Waals surface area (Å²) in [4.78, 5) is 14.0. The smallest absolute Gasteiger partial charge is 0.331 e. The van der Waals surface area contributed by atoms with E-state index in [2.05, 4.69) is 4.98 Å². The molecule has 0 saturated carbocycles. The second-order valence-corrected chi connectivity index (χ2v) is 4.01. The van der Waals surface area contributed by atoms with Crippen LogP contribution in [0.5, 0.6) is 11.6 Å². The lowest BCUT2D eigenvalue weighted by Gasteiger charge is -2.06. The van der Waals surface area contributed by atoms with E-state index in [-0.39, 0.29) is 23.3 Å². The molecule has 1 N–H and O–H groups in total. The number of ether oxygens (including phenoxy) is 1. The van der Waals surface area contributed by atoms with Gasteiger partial charge in [-0.2, -0.15) is 4.98 Å². The van der Waals surface area contributed by atoms with Gasteiger partial charge in [-0.25, -0.2) is 0 Å². The number of rotatable bonds is 4. The van der Waals surface area contributed by atoms with Gasteiger partial charge in [-0.05, 0) is 23.8 Å².